The number of fused-ring (bicyclic) bond motifs is 6. The maximum Gasteiger partial charge on any atom is 0.330 e. The number of hydrogen-bond acceptors (Lipinski definition) is 6. The lowest BCUT2D eigenvalue weighted by Gasteiger charge is -2.25. The van der Waals surface area contributed by atoms with E-state index < -0.39 is 11.9 Å². The normalized spacial score (nSPS) is 20.0. The second-order valence-electron chi connectivity index (χ2n) is 8.81. The highest BCUT2D eigenvalue weighted by atomic mass is 16.6. The lowest BCUT2D eigenvalue weighted by Crippen LogP contribution is -2.14. The monoisotopic (exact) mass is 464 g/mol. The molecule has 0 N–H and O–H groups in total. The Hall–Kier alpha value is -3.28. The van der Waals surface area contributed by atoms with Crippen molar-refractivity contribution in [1.29, 1.82) is 0 Å². The highest BCUT2D eigenvalue weighted by Crippen LogP contribution is 2.63. The number of ether oxygens (including phenoxy) is 4. The van der Waals surface area contributed by atoms with Crippen LogP contribution in [0.1, 0.15) is 55.2 Å². The van der Waals surface area contributed by atoms with Gasteiger partial charge in [-0.05, 0) is 48.6 Å². The molecule has 4 rings (SSSR count). The van der Waals surface area contributed by atoms with Gasteiger partial charge in [-0.2, -0.15) is 0 Å². The largest absolute Gasteiger partial charge is 0.489 e. The van der Waals surface area contributed by atoms with Gasteiger partial charge < -0.3 is 18.9 Å². The van der Waals surface area contributed by atoms with Gasteiger partial charge in [0.05, 0.1) is 0 Å². The summed E-state index contributed by atoms with van der Waals surface area (Å²) in [5, 5.41) is 2.00. The van der Waals surface area contributed by atoms with Gasteiger partial charge in [-0.1, -0.05) is 39.1 Å². The van der Waals surface area contributed by atoms with Gasteiger partial charge in [0.25, 0.3) is 0 Å². The Balaban J connectivity index is 1.74. The summed E-state index contributed by atoms with van der Waals surface area (Å²) in [5.41, 5.74) is 3.64. The van der Waals surface area contributed by atoms with Gasteiger partial charge in [-0.15, -0.1) is 0 Å². The zero-order valence-corrected chi connectivity index (χ0v) is 19.9. The van der Waals surface area contributed by atoms with Crippen LogP contribution in [0.4, 0.5) is 0 Å². The van der Waals surface area contributed by atoms with Gasteiger partial charge in [0, 0.05) is 34.1 Å². The van der Waals surface area contributed by atoms with Crippen molar-refractivity contribution in [3.63, 3.8) is 0 Å². The Morgan fingerprint density at radius 1 is 0.882 bits per heavy atom. The Kier molecular flexibility index (Phi) is 7.25. The third-order valence-electron chi connectivity index (χ3n) is 7.04. The lowest BCUT2D eigenvalue weighted by atomic mass is 9.86. The van der Waals surface area contributed by atoms with Gasteiger partial charge in [-0.3, -0.25) is 0 Å². The molecule has 180 valence electrons. The summed E-state index contributed by atoms with van der Waals surface area (Å²) >= 11 is 0. The average molecular weight is 465 g/mol. The molecule has 1 fully saturated rings. The standard InChI is InChI=1S/C28H32O6/c1-5-18-8-9-21-22(16-18)28(34-15-13-32-24(30)7-3)26-20-11-10-19(17(20)4)25(26)27(21)33-14-12-31-23(29)6-2/h6-9,16-17,19-20H,2-3,5,10-15H2,1,4H3. The van der Waals surface area contributed by atoms with Crippen LogP contribution in [0.2, 0.25) is 0 Å². The second-order valence-corrected chi connectivity index (χ2v) is 8.81. The van der Waals surface area contributed by atoms with Crippen LogP contribution in [-0.4, -0.2) is 38.4 Å². The fourth-order valence-electron chi connectivity index (χ4n) is 5.45. The Bertz CT molecular complexity index is 1120. The number of rotatable bonds is 11. The van der Waals surface area contributed by atoms with Gasteiger partial charge >= 0.3 is 11.9 Å². The van der Waals surface area contributed by atoms with E-state index in [1.165, 1.54) is 16.7 Å². The van der Waals surface area contributed by atoms with Crippen LogP contribution in [0.3, 0.4) is 0 Å². The number of aryl methyl sites for hydroxylation is 1. The van der Waals surface area contributed by atoms with E-state index in [0.29, 0.717) is 17.8 Å². The smallest absolute Gasteiger partial charge is 0.330 e. The van der Waals surface area contributed by atoms with E-state index in [4.69, 9.17) is 18.9 Å². The summed E-state index contributed by atoms with van der Waals surface area (Å²) in [5.74, 6) is 2.13. The van der Waals surface area contributed by atoms with Crippen LogP contribution in [-0.2, 0) is 25.5 Å². The predicted molar refractivity (Wildman–Crippen MR) is 131 cm³/mol. The minimum absolute atomic E-state index is 0.157. The molecule has 2 bridgehead atoms. The van der Waals surface area contributed by atoms with Crippen molar-refractivity contribution in [2.24, 2.45) is 5.92 Å². The molecule has 2 aliphatic rings. The Labute approximate surface area is 200 Å². The average Bonchev–Trinajstić information content (AvgIpc) is 3.36. The Morgan fingerprint density at radius 2 is 1.41 bits per heavy atom. The molecule has 2 aromatic carbocycles. The van der Waals surface area contributed by atoms with E-state index in [1.54, 1.807) is 0 Å². The molecule has 0 saturated heterocycles. The first-order chi connectivity index (χ1) is 16.5. The maximum absolute atomic E-state index is 11.4. The van der Waals surface area contributed by atoms with Crippen molar-refractivity contribution < 1.29 is 28.5 Å². The van der Waals surface area contributed by atoms with Gasteiger partial charge in [0.2, 0.25) is 0 Å². The first-order valence-corrected chi connectivity index (χ1v) is 12.0. The molecular weight excluding hydrogens is 432 g/mol. The van der Waals surface area contributed by atoms with Gasteiger partial charge in [0.1, 0.15) is 37.9 Å². The highest BCUT2D eigenvalue weighted by Gasteiger charge is 2.47. The van der Waals surface area contributed by atoms with Crippen molar-refractivity contribution in [3.05, 3.63) is 60.2 Å². The minimum Gasteiger partial charge on any atom is -0.489 e. The van der Waals surface area contributed by atoms with E-state index in [9.17, 15) is 9.59 Å². The SMILES string of the molecule is C=CC(=O)OCCOc1c2c(c(OCCOC(=O)C=C)c3cc(CC)ccc13)C1CCC2C1C. The fraction of sp³-hybridized carbons (Fsp3) is 0.429. The molecule has 0 heterocycles. The summed E-state index contributed by atoms with van der Waals surface area (Å²) in [6.07, 6.45) is 5.45. The Morgan fingerprint density at radius 3 is 1.91 bits per heavy atom. The summed E-state index contributed by atoms with van der Waals surface area (Å²) in [6, 6.07) is 6.38. The minimum atomic E-state index is -0.458. The second kappa shape index (κ2) is 10.3. The fourth-order valence-corrected chi connectivity index (χ4v) is 5.45. The number of carbonyl (C=O) groups excluding carboxylic acids is 2. The number of hydrogen-bond donors (Lipinski definition) is 0. The molecule has 2 aromatic rings. The zero-order valence-electron chi connectivity index (χ0n) is 19.9. The first kappa shape index (κ1) is 23.9. The van der Waals surface area contributed by atoms with Crippen molar-refractivity contribution in [2.75, 3.05) is 26.4 Å². The van der Waals surface area contributed by atoms with Gasteiger partial charge in [-0.25, -0.2) is 9.59 Å². The van der Waals surface area contributed by atoms with Crippen molar-refractivity contribution >= 4 is 22.7 Å². The predicted octanol–water partition coefficient (Wildman–Crippen LogP) is 5.23. The molecule has 0 amide bonds. The van der Waals surface area contributed by atoms with Crippen molar-refractivity contribution in [1.82, 2.24) is 0 Å². The lowest BCUT2D eigenvalue weighted by molar-refractivity contribution is -0.139. The molecular formula is C28H32O6. The molecule has 3 atom stereocenters. The van der Waals surface area contributed by atoms with E-state index in [2.05, 4.69) is 45.2 Å². The summed E-state index contributed by atoms with van der Waals surface area (Å²) in [4.78, 5) is 22.9. The van der Waals surface area contributed by atoms with Crippen molar-refractivity contribution in [3.8, 4) is 11.5 Å². The molecule has 2 aliphatic carbocycles. The van der Waals surface area contributed by atoms with Crippen LogP contribution >= 0.6 is 0 Å². The molecule has 0 radical (unpaired) electrons. The van der Waals surface area contributed by atoms with E-state index >= 15 is 0 Å². The van der Waals surface area contributed by atoms with Crippen LogP contribution in [0.15, 0.2) is 43.5 Å². The zero-order chi connectivity index (χ0) is 24.2. The van der Waals surface area contributed by atoms with Crippen molar-refractivity contribution in [2.45, 2.75) is 44.9 Å². The molecule has 0 aliphatic heterocycles. The molecule has 6 heteroatoms. The van der Waals surface area contributed by atoms with Crippen LogP contribution in [0.25, 0.3) is 10.8 Å². The number of esters is 2. The number of benzene rings is 2. The molecule has 3 unspecified atom stereocenters. The summed E-state index contributed by atoms with van der Waals surface area (Å²) in [6.45, 7) is 12.1. The molecule has 0 spiro atoms. The van der Waals surface area contributed by atoms with E-state index in [0.717, 1.165) is 53.7 Å². The van der Waals surface area contributed by atoms with Gasteiger partial charge in [0.15, 0.2) is 0 Å². The summed E-state index contributed by atoms with van der Waals surface area (Å²) < 4.78 is 22.9. The molecule has 6 nitrogen and oxygen atoms in total. The molecule has 1 saturated carbocycles. The molecule has 34 heavy (non-hydrogen) atoms. The third-order valence-corrected chi connectivity index (χ3v) is 7.04. The first-order valence-electron chi connectivity index (χ1n) is 12.0. The van der Waals surface area contributed by atoms with E-state index in [-0.39, 0.29) is 26.4 Å². The third kappa shape index (κ3) is 4.41. The molecule has 0 aromatic heterocycles. The quantitative estimate of drug-likeness (QED) is 0.258. The number of carbonyl (C=O) groups is 2. The van der Waals surface area contributed by atoms with Crippen LogP contribution in [0.5, 0.6) is 11.5 Å². The maximum atomic E-state index is 11.4. The highest BCUT2D eigenvalue weighted by molar-refractivity contribution is 5.97. The topological polar surface area (TPSA) is 71.1 Å². The van der Waals surface area contributed by atoms with Crippen LogP contribution < -0.4 is 9.47 Å². The summed E-state index contributed by atoms with van der Waals surface area (Å²) in [7, 11) is 0. The van der Waals surface area contributed by atoms with E-state index in [1.807, 2.05) is 0 Å². The van der Waals surface area contributed by atoms with Crippen LogP contribution in [0, 0.1) is 5.92 Å².